The number of halogens is 1. The van der Waals surface area contributed by atoms with Gasteiger partial charge in [-0.15, -0.1) is 0 Å². The van der Waals surface area contributed by atoms with Crippen LogP contribution in [0.1, 0.15) is 23.7 Å². The fourth-order valence-corrected chi connectivity index (χ4v) is 1.72. The predicted molar refractivity (Wildman–Crippen MR) is 59.3 cm³/mol. The third kappa shape index (κ3) is 2.43. The number of nitrogens with one attached hydrogen (secondary N) is 1. The minimum Gasteiger partial charge on any atom is -0.478 e. The van der Waals surface area contributed by atoms with Crippen LogP contribution in [0.25, 0.3) is 0 Å². The number of benzene rings is 1. The van der Waals surface area contributed by atoms with Gasteiger partial charge in [-0.05, 0) is 30.5 Å². The maximum absolute atomic E-state index is 13.0. The molecule has 1 aromatic carbocycles. The van der Waals surface area contributed by atoms with Gasteiger partial charge in [-0.2, -0.15) is 0 Å². The number of anilines is 1. The molecule has 1 aliphatic rings. The summed E-state index contributed by atoms with van der Waals surface area (Å²) in [5.41, 5.74) is -0.0883. The van der Waals surface area contributed by atoms with Crippen LogP contribution in [0.3, 0.4) is 0 Å². The molecule has 1 amide bonds. The van der Waals surface area contributed by atoms with E-state index in [2.05, 4.69) is 5.32 Å². The highest BCUT2D eigenvalue weighted by atomic mass is 19.1. The van der Waals surface area contributed by atoms with Crippen LogP contribution in [0, 0.1) is 17.7 Å². The highest BCUT2D eigenvalue weighted by Gasteiger charge is 2.39. The minimum atomic E-state index is -1.19. The van der Waals surface area contributed by atoms with Crippen molar-refractivity contribution in [1.29, 1.82) is 0 Å². The molecule has 1 saturated carbocycles. The lowest BCUT2D eigenvalue weighted by atomic mass is 10.1. The molecule has 17 heavy (non-hydrogen) atoms. The molecule has 0 aliphatic heterocycles. The number of carboxylic acid groups (broad SMARTS) is 1. The summed E-state index contributed by atoms with van der Waals surface area (Å²) in [4.78, 5) is 22.5. The molecule has 2 unspecified atom stereocenters. The summed E-state index contributed by atoms with van der Waals surface area (Å²) in [6.07, 6.45) is 0.795. The SMILES string of the molecule is CC1CC1C(=O)Nc1cc(F)ccc1C(=O)O. The van der Waals surface area contributed by atoms with E-state index in [0.29, 0.717) is 5.92 Å². The van der Waals surface area contributed by atoms with Crippen LogP contribution in [-0.2, 0) is 4.79 Å². The number of aromatic carboxylic acids is 1. The van der Waals surface area contributed by atoms with E-state index in [9.17, 15) is 14.0 Å². The Morgan fingerprint density at radius 2 is 2.12 bits per heavy atom. The molecular weight excluding hydrogens is 225 g/mol. The molecular formula is C12H12FNO3. The number of carbonyl (C=O) groups excluding carboxylic acids is 1. The predicted octanol–water partition coefficient (Wildman–Crippen LogP) is 2.12. The largest absolute Gasteiger partial charge is 0.478 e. The monoisotopic (exact) mass is 237 g/mol. The quantitative estimate of drug-likeness (QED) is 0.846. The third-order valence-corrected chi connectivity index (χ3v) is 2.92. The summed E-state index contributed by atoms with van der Waals surface area (Å²) in [5, 5.41) is 11.4. The van der Waals surface area contributed by atoms with Gasteiger partial charge in [0.25, 0.3) is 0 Å². The standard InChI is InChI=1S/C12H12FNO3/c1-6-4-9(6)11(15)14-10-5-7(13)2-3-8(10)12(16)17/h2-3,5-6,9H,4H2,1H3,(H,14,15)(H,16,17). The Labute approximate surface area is 97.4 Å². The van der Waals surface area contributed by atoms with Crippen molar-refractivity contribution in [3.63, 3.8) is 0 Å². The van der Waals surface area contributed by atoms with E-state index < -0.39 is 11.8 Å². The zero-order valence-electron chi connectivity index (χ0n) is 9.24. The van der Waals surface area contributed by atoms with Crippen molar-refractivity contribution < 1.29 is 19.1 Å². The van der Waals surface area contributed by atoms with Crippen LogP contribution in [0.4, 0.5) is 10.1 Å². The number of carbonyl (C=O) groups is 2. The van der Waals surface area contributed by atoms with E-state index in [1.54, 1.807) is 0 Å². The first-order valence-electron chi connectivity index (χ1n) is 5.32. The first-order valence-corrected chi connectivity index (χ1v) is 5.32. The zero-order chi connectivity index (χ0) is 12.6. The fourth-order valence-electron chi connectivity index (χ4n) is 1.72. The second-order valence-corrected chi connectivity index (χ2v) is 4.30. The van der Waals surface area contributed by atoms with Crippen molar-refractivity contribution in [2.24, 2.45) is 11.8 Å². The Balaban J connectivity index is 2.21. The lowest BCUT2D eigenvalue weighted by molar-refractivity contribution is -0.117. The third-order valence-electron chi connectivity index (χ3n) is 2.92. The zero-order valence-corrected chi connectivity index (χ0v) is 9.24. The number of hydrogen-bond donors (Lipinski definition) is 2. The summed E-state index contributed by atoms with van der Waals surface area (Å²) in [6, 6.07) is 3.22. The van der Waals surface area contributed by atoms with Gasteiger partial charge in [-0.1, -0.05) is 6.92 Å². The smallest absolute Gasteiger partial charge is 0.337 e. The molecule has 2 atom stereocenters. The molecule has 0 bridgehead atoms. The van der Waals surface area contributed by atoms with E-state index in [-0.39, 0.29) is 23.1 Å². The van der Waals surface area contributed by atoms with Gasteiger partial charge in [0.1, 0.15) is 5.82 Å². The summed E-state index contributed by atoms with van der Waals surface area (Å²) in [6.45, 7) is 1.94. The lowest BCUT2D eigenvalue weighted by Gasteiger charge is -2.08. The second kappa shape index (κ2) is 4.16. The second-order valence-electron chi connectivity index (χ2n) is 4.30. The van der Waals surface area contributed by atoms with Crippen LogP contribution in [0.15, 0.2) is 18.2 Å². The Bertz CT molecular complexity index is 487. The van der Waals surface area contributed by atoms with Crippen molar-refractivity contribution in [3.05, 3.63) is 29.6 Å². The number of carboxylic acids is 1. The Morgan fingerprint density at radius 1 is 1.47 bits per heavy atom. The number of amides is 1. The Hall–Kier alpha value is -1.91. The van der Waals surface area contributed by atoms with Gasteiger partial charge in [-0.3, -0.25) is 4.79 Å². The average molecular weight is 237 g/mol. The van der Waals surface area contributed by atoms with Crippen molar-refractivity contribution >= 4 is 17.6 Å². The molecule has 90 valence electrons. The summed E-state index contributed by atoms with van der Waals surface area (Å²) in [5.74, 6) is -1.78. The molecule has 0 aromatic heterocycles. The van der Waals surface area contributed by atoms with Crippen LogP contribution >= 0.6 is 0 Å². The van der Waals surface area contributed by atoms with Crippen molar-refractivity contribution in [3.8, 4) is 0 Å². The molecule has 0 radical (unpaired) electrons. The van der Waals surface area contributed by atoms with Gasteiger partial charge in [0.15, 0.2) is 0 Å². The van der Waals surface area contributed by atoms with Crippen molar-refractivity contribution in [2.45, 2.75) is 13.3 Å². The van der Waals surface area contributed by atoms with Crippen LogP contribution in [0.2, 0.25) is 0 Å². The summed E-state index contributed by atoms with van der Waals surface area (Å²) >= 11 is 0. The summed E-state index contributed by atoms with van der Waals surface area (Å²) < 4.78 is 13.0. The van der Waals surface area contributed by atoms with E-state index in [4.69, 9.17) is 5.11 Å². The fraction of sp³-hybridized carbons (Fsp3) is 0.333. The van der Waals surface area contributed by atoms with Gasteiger partial charge >= 0.3 is 5.97 Å². The molecule has 1 aliphatic carbocycles. The Morgan fingerprint density at radius 3 is 2.65 bits per heavy atom. The van der Waals surface area contributed by atoms with E-state index in [1.165, 1.54) is 0 Å². The van der Waals surface area contributed by atoms with Gasteiger partial charge in [0, 0.05) is 5.92 Å². The van der Waals surface area contributed by atoms with E-state index in [1.807, 2.05) is 6.92 Å². The van der Waals surface area contributed by atoms with E-state index in [0.717, 1.165) is 24.6 Å². The first-order chi connectivity index (χ1) is 7.99. The lowest BCUT2D eigenvalue weighted by Crippen LogP contribution is -2.17. The topological polar surface area (TPSA) is 66.4 Å². The van der Waals surface area contributed by atoms with Crippen molar-refractivity contribution in [1.82, 2.24) is 0 Å². The molecule has 5 heteroatoms. The maximum Gasteiger partial charge on any atom is 0.337 e. The van der Waals surface area contributed by atoms with Gasteiger partial charge in [0.2, 0.25) is 5.91 Å². The molecule has 4 nitrogen and oxygen atoms in total. The molecule has 2 N–H and O–H groups in total. The molecule has 0 spiro atoms. The molecule has 0 saturated heterocycles. The maximum atomic E-state index is 13.0. The normalized spacial score (nSPS) is 22.0. The van der Waals surface area contributed by atoms with Gasteiger partial charge in [0.05, 0.1) is 11.3 Å². The Kier molecular flexibility index (Phi) is 2.83. The van der Waals surface area contributed by atoms with Gasteiger partial charge < -0.3 is 10.4 Å². The van der Waals surface area contributed by atoms with Crippen LogP contribution in [0.5, 0.6) is 0 Å². The first kappa shape index (κ1) is 11.6. The molecule has 1 aromatic rings. The minimum absolute atomic E-state index is 0.0154. The van der Waals surface area contributed by atoms with Crippen molar-refractivity contribution in [2.75, 3.05) is 5.32 Å². The molecule has 0 heterocycles. The molecule has 1 fully saturated rings. The van der Waals surface area contributed by atoms with E-state index >= 15 is 0 Å². The van der Waals surface area contributed by atoms with Crippen LogP contribution < -0.4 is 5.32 Å². The molecule has 2 rings (SSSR count). The number of rotatable bonds is 3. The van der Waals surface area contributed by atoms with Crippen LogP contribution in [-0.4, -0.2) is 17.0 Å². The van der Waals surface area contributed by atoms with Gasteiger partial charge in [-0.25, -0.2) is 9.18 Å². The highest BCUT2D eigenvalue weighted by Crippen LogP contribution is 2.38. The highest BCUT2D eigenvalue weighted by molar-refractivity contribution is 6.01. The average Bonchev–Trinajstić information content (AvgIpc) is 2.95. The summed E-state index contributed by atoms with van der Waals surface area (Å²) in [7, 11) is 0. The number of hydrogen-bond acceptors (Lipinski definition) is 2.